The van der Waals surface area contributed by atoms with Crippen LogP contribution in [0.25, 0.3) is 0 Å². The minimum Gasteiger partial charge on any atom is -0.352 e. The Hall–Kier alpha value is -3.19. The van der Waals surface area contributed by atoms with Gasteiger partial charge in [-0.2, -0.15) is 0 Å². The summed E-state index contributed by atoms with van der Waals surface area (Å²) in [6.45, 7) is 5.95. The smallest absolute Gasteiger partial charge is 0.261 e. The van der Waals surface area contributed by atoms with E-state index in [4.69, 9.17) is 11.6 Å². The van der Waals surface area contributed by atoms with E-state index in [1.54, 1.807) is 49.4 Å². The number of carbonyl (C=O) groups is 4. The van der Waals surface area contributed by atoms with E-state index in [9.17, 15) is 19.2 Å². The molecule has 2 aromatic rings. The van der Waals surface area contributed by atoms with Gasteiger partial charge in [0.15, 0.2) is 0 Å². The highest BCUT2D eigenvalue weighted by molar-refractivity contribution is 6.30. The van der Waals surface area contributed by atoms with Crippen molar-refractivity contribution in [1.29, 1.82) is 0 Å². The molecular weight excluding hydrogens is 454 g/mol. The fourth-order valence-electron chi connectivity index (χ4n) is 3.85. The summed E-state index contributed by atoms with van der Waals surface area (Å²) in [5.41, 5.74) is 1.58. The first kappa shape index (κ1) is 25.4. The standard InChI is InChI=1S/C26H30ClN3O4/c1-4-17(2)28-24(32)18(3)30(16-19-9-7-10-20(27)15-19)23(31)13-8-14-29-25(33)21-11-5-6-12-22(21)26(29)34/h5-7,9-12,15,17-18H,4,8,13-14,16H2,1-3H3,(H,28,32). The highest BCUT2D eigenvalue weighted by Crippen LogP contribution is 2.23. The van der Waals surface area contributed by atoms with Crippen molar-refractivity contribution in [2.45, 2.75) is 58.7 Å². The van der Waals surface area contributed by atoms with Crippen LogP contribution in [0, 0.1) is 0 Å². The van der Waals surface area contributed by atoms with Gasteiger partial charge in [-0.05, 0) is 56.5 Å². The van der Waals surface area contributed by atoms with Crippen molar-refractivity contribution < 1.29 is 19.2 Å². The van der Waals surface area contributed by atoms with E-state index in [1.807, 2.05) is 19.9 Å². The summed E-state index contributed by atoms with van der Waals surface area (Å²) in [6.07, 6.45) is 1.17. The maximum atomic E-state index is 13.2. The van der Waals surface area contributed by atoms with E-state index in [-0.39, 0.29) is 49.2 Å². The first-order valence-corrected chi connectivity index (χ1v) is 11.9. The van der Waals surface area contributed by atoms with Crippen LogP contribution in [0.3, 0.4) is 0 Å². The van der Waals surface area contributed by atoms with Crippen LogP contribution in [0.5, 0.6) is 0 Å². The molecule has 0 aliphatic carbocycles. The number of halogens is 1. The Morgan fingerprint density at radius 3 is 2.26 bits per heavy atom. The molecular formula is C26H30ClN3O4. The molecule has 1 aliphatic heterocycles. The van der Waals surface area contributed by atoms with Gasteiger partial charge >= 0.3 is 0 Å². The second kappa shape index (κ2) is 11.3. The molecule has 0 bridgehead atoms. The lowest BCUT2D eigenvalue weighted by Crippen LogP contribution is -2.49. The zero-order chi connectivity index (χ0) is 24.8. The summed E-state index contributed by atoms with van der Waals surface area (Å²) in [5, 5.41) is 3.48. The average molecular weight is 484 g/mol. The summed E-state index contributed by atoms with van der Waals surface area (Å²) in [6, 6.07) is 13.2. The molecule has 0 saturated heterocycles. The quantitative estimate of drug-likeness (QED) is 0.516. The summed E-state index contributed by atoms with van der Waals surface area (Å²) in [7, 11) is 0. The number of amides is 4. The SMILES string of the molecule is CCC(C)NC(=O)C(C)N(Cc1cccc(Cl)c1)C(=O)CCCN1C(=O)c2ccccc2C1=O. The fourth-order valence-corrected chi connectivity index (χ4v) is 4.07. The van der Waals surface area contributed by atoms with E-state index in [2.05, 4.69) is 5.32 Å². The lowest BCUT2D eigenvalue weighted by molar-refractivity contribution is -0.141. The first-order valence-electron chi connectivity index (χ1n) is 11.5. The topological polar surface area (TPSA) is 86.8 Å². The van der Waals surface area contributed by atoms with Crippen LogP contribution in [0.1, 0.15) is 66.3 Å². The van der Waals surface area contributed by atoms with Crippen LogP contribution in [-0.4, -0.2) is 52.1 Å². The molecule has 34 heavy (non-hydrogen) atoms. The highest BCUT2D eigenvalue weighted by Gasteiger charge is 2.35. The normalized spacial score (nSPS) is 14.5. The predicted octanol–water partition coefficient (Wildman–Crippen LogP) is 4.05. The van der Waals surface area contributed by atoms with Crippen molar-refractivity contribution in [3.63, 3.8) is 0 Å². The van der Waals surface area contributed by atoms with Gasteiger partial charge in [0.05, 0.1) is 11.1 Å². The molecule has 2 aromatic carbocycles. The molecule has 180 valence electrons. The summed E-state index contributed by atoms with van der Waals surface area (Å²) < 4.78 is 0. The number of fused-ring (bicyclic) bond motifs is 1. The molecule has 1 heterocycles. The third-order valence-corrected chi connectivity index (χ3v) is 6.30. The molecule has 7 nitrogen and oxygen atoms in total. The fraction of sp³-hybridized carbons (Fsp3) is 0.385. The third kappa shape index (κ3) is 5.83. The second-order valence-electron chi connectivity index (χ2n) is 8.56. The van der Waals surface area contributed by atoms with E-state index in [1.165, 1.54) is 9.80 Å². The molecule has 0 fully saturated rings. The van der Waals surface area contributed by atoms with Gasteiger partial charge in [0.25, 0.3) is 11.8 Å². The third-order valence-electron chi connectivity index (χ3n) is 6.06. The molecule has 4 amide bonds. The maximum absolute atomic E-state index is 13.2. The van der Waals surface area contributed by atoms with Gasteiger partial charge in [-0.15, -0.1) is 0 Å². The van der Waals surface area contributed by atoms with Crippen molar-refractivity contribution in [2.24, 2.45) is 0 Å². The zero-order valence-electron chi connectivity index (χ0n) is 19.7. The maximum Gasteiger partial charge on any atom is 0.261 e. The van der Waals surface area contributed by atoms with Gasteiger partial charge in [-0.1, -0.05) is 42.8 Å². The second-order valence-corrected chi connectivity index (χ2v) is 8.99. The van der Waals surface area contributed by atoms with Crippen molar-refractivity contribution in [3.05, 3.63) is 70.2 Å². The van der Waals surface area contributed by atoms with Gasteiger partial charge in [0.2, 0.25) is 11.8 Å². The molecule has 1 aliphatic rings. The number of carbonyl (C=O) groups excluding carboxylic acids is 4. The minimum atomic E-state index is -0.695. The summed E-state index contributed by atoms with van der Waals surface area (Å²) >= 11 is 6.11. The molecule has 0 radical (unpaired) electrons. The Kier molecular flexibility index (Phi) is 8.45. The minimum absolute atomic E-state index is 0.00750. The van der Waals surface area contributed by atoms with E-state index in [0.29, 0.717) is 22.6 Å². The van der Waals surface area contributed by atoms with Crippen molar-refractivity contribution >= 4 is 35.2 Å². The largest absolute Gasteiger partial charge is 0.352 e. The number of benzene rings is 2. The van der Waals surface area contributed by atoms with Gasteiger partial charge < -0.3 is 10.2 Å². The summed E-state index contributed by atoms with van der Waals surface area (Å²) in [4.78, 5) is 53.8. The number of nitrogens with one attached hydrogen (secondary N) is 1. The van der Waals surface area contributed by atoms with Gasteiger partial charge in [-0.25, -0.2) is 0 Å². The zero-order valence-corrected chi connectivity index (χ0v) is 20.5. The van der Waals surface area contributed by atoms with Gasteiger partial charge in [0.1, 0.15) is 6.04 Å². The van der Waals surface area contributed by atoms with Crippen LogP contribution in [0.4, 0.5) is 0 Å². The molecule has 3 rings (SSSR count). The number of rotatable bonds is 10. The Bertz CT molecular complexity index is 1050. The van der Waals surface area contributed by atoms with E-state index in [0.717, 1.165) is 12.0 Å². The molecule has 2 atom stereocenters. The Balaban J connectivity index is 1.68. The molecule has 0 aromatic heterocycles. The van der Waals surface area contributed by atoms with Crippen LogP contribution in [0.2, 0.25) is 5.02 Å². The lowest BCUT2D eigenvalue weighted by atomic mass is 10.1. The van der Waals surface area contributed by atoms with Gasteiger partial charge in [-0.3, -0.25) is 24.1 Å². The van der Waals surface area contributed by atoms with Crippen molar-refractivity contribution in [1.82, 2.24) is 15.1 Å². The van der Waals surface area contributed by atoms with Crippen LogP contribution < -0.4 is 5.32 Å². The van der Waals surface area contributed by atoms with E-state index < -0.39 is 6.04 Å². The highest BCUT2D eigenvalue weighted by atomic mass is 35.5. The lowest BCUT2D eigenvalue weighted by Gasteiger charge is -2.30. The monoisotopic (exact) mass is 483 g/mol. The number of imide groups is 1. The van der Waals surface area contributed by atoms with Crippen molar-refractivity contribution in [2.75, 3.05) is 6.54 Å². The molecule has 8 heteroatoms. The average Bonchev–Trinajstić information content (AvgIpc) is 3.07. The number of nitrogens with zero attached hydrogens (tertiary/aromatic N) is 2. The summed E-state index contributed by atoms with van der Waals surface area (Å²) in [5.74, 6) is -1.15. The molecule has 0 saturated carbocycles. The number of hydrogen-bond donors (Lipinski definition) is 1. The van der Waals surface area contributed by atoms with Crippen LogP contribution in [-0.2, 0) is 16.1 Å². The van der Waals surface area contributed by atoms with Crippen LogP contribution in [0.15, 0.2) is 48.5 Å². The van der Waals surface area contributed by atoms with E-state index >= 15 is 0 Å². The van der Waals surface area contributed by atoms with Gasteiger partial charge in [0, 0.05) is 30.6 Å². The first-order chi connectivity index (χ1) is 16.2. The Labute approximate surface area is 205 Å². The number of hydrogen-bond acceptors (Lipinski definition) is 4. The Morgan fingerprint density at radius 2 is 1.68 bits per heavy atom. The predicted molar refractivity (Wildman–Crippen MR) is 130 cm³/mol. The Morgan fingerprint density at radius 1 is 1.03 bits per heavy atom. The van der Waals surface area contributed by atoms with Crippen molar-refractivity contribution in [3.8, 4) is 0 Å². The molecule has 1 N–H and O–H groups in total. The molecule has 0 spiro atoms. The van der Waals surface area contributed by atoms with Crippen LogP contribution >= 0.6 is 11.6 Å². The molecule has 2 unspecified atom stereocenters.